The van der Waals surface area contributed by atoms with Crippen molar-refractivity contribution in [1.29, 1.82) is 0 Å². The smallest absolute Gasteiger partial charge is 0.269 e. The van der Waals surface area contributed by atoms with Crippen LogP contribution in [0.25, 0.3) is 11.3 Å². The third-order valence-corrected chi connectivity index (χ3v) is 3.22. The van der Waals surface area contributed by atoms with E-state index in [1.165, 1.54) is 6.92 Å². The molecule has 0 unspecified atom stereocenters. The lowest BCUT2D eigenvalue weighted by Gasteiger charge is -2.03. The fraction of sp³-hybridized carbons (Fsp3) is 0.214. The van der Waals surface area contributed by atoms with E-state index in [-0.39, 0.29) is 11.8 Å². The second-order valence-electron chi connectivity index (χ2n) is 4.42. The fourth-order valence-corrected chi connectivity index (χ4v) is 2.14. The summed E-state index contributed by atoms with van der Waals surface area (Å²) < 4.78 is 0.948. The third-order valence-electron chi connectivity index (χ3n) is 2.73. The molecule has 0 aliphatic carbocycles. The van der Waals surface area contributed by atoms with Gasteiger partial charge < -0.3 is 10.6 Å². The first-order valence-corrected chi connectivity index (χ1v) is 7.19. The summed E-state index contributed by atoms with van der Waals surface area (Å²) in [6.45, 7) is 2.19. The Labute approximate surface area is 130 Å². The molecular weight excluding hydrogens is 336 g/mol. The maximum atomic E-state index is 11.9. The first-order chi connectivity index (χ1) is 10.1. The number of hydrogen-bond donors (Lipinski definition) is 3. The topological polar surface area (TPSA) is 86.9 Å². The van der Waals surface area contributed by atoms with Gasteiger partial charge in [-0.2, -0.15) is 5.10 Å². The van der Waals surface area contributed by atoms with Gasteiger partial charge >= 0.3 is 0 Å². The molecule has 2 aromatic rings. The minimum absolute atomic E-state index is 0.122. The predicted octanol–water partition coefficient (Wildman–Crippen LogP) is 1.71. The summed E-state index contributed by atoms with van der Waals surface area (Å²) in [6.07, 6.45) is 0. The highest BCUT2D eigenvalue weighted by Crippen LogP contribution is 2.21. The lowest BCUT2D eigenvalue weighted by Crippen LogP contribution is -2.33. The Balaban J connectivity index is 1.96. The SMILES string of the molecule is CC(=O)NCCNC(=O)c1cc(-c2cccc(Br)c2)n[nH]1. The fourth-order valence-electron chi connectivity index (χ4n) is 1.74. The minimum Gasteiger partial charge on any atom is -0.355 e. The molecule has 0 aliphatic rings. The first kappa shape index (κ1) is 15.2. The van der Waals surface area contributed by atoms with Crippen molar-refractivity contribution in [2.75, 3.05) is 13.1 Å². The van der Waals surface area contributed by atoms with Crippen LogP contribution in [0.15, 0.2) is 34.8 Å². The molecule has 1 aromatic carbocycles. The number of carbonyl (C=O) groups excluding carboxylic acids is 2. The van der Waals surface area contributed by atoms with Gasteiger partial charge in [-0.1, -0.05) is 28.1 Å². The zero-order valence-electron chi connectivity index (χ0n) is 11.4. The third kappa shape index (κ3) is 4.42. The first-order valence-electron chi connectivity index (χ1n) is 6.40. The number of nitrogens with one attached hydrogen (secondary N) is 3. The van der Waals surface area contributed by atoms with E-state index >= 15 is 0 Å². The van der Waals surface area contributed by atoms with Crippen molar-refractivity contribution in [2.45, 2.75) is 6.92 Å². The van der Waals surface area contributed by atoms with E-state index < -0.39 is 0 Å². The molecule has 0 fully saturated rings. The van der Waals surface area contributed by atoms with Crippen LogP contribution in [0.1, 0.15) is 17.4 Å². The van der Waals surface area contributed by atoms with Crippen LogP contribution in [0.2, 0.25) is 0 Å². The van der Waals surface area contributed by atoms with Gasteiger partial charge in [0, 0.05) is 30.0 Å². The number of nitrogens with zero attached hydrogens (tertiary/aromatic N) is 1. The molecule has 0 radical (unpaired) electrons. The summed E-state index contributed by atoms with van der Waals surface area (Å²) in [4.78, 5) is 22.6. The molecule has 0 spiro atoms. The van der Waals surface area contributed by atoms with Crippen molar-refractivity contribution in [3.8, 4) is 11.3 Å². The normalized spacial score (nSPS) is 10.2. The molecule has 1 heterocycles. The van der Waals surface area contributed by atoms with Gasteiger partial charge in [-0.25, -0.2) is 0 Å². The predicted molar refractivity (Wildman–Crippen MR) is 82.7 cm³/mol. The Morgan fingerprint density at radius 3 is 2.71 bits per heavy atom. The molecule has 0 saturated carbocycles. The number of hydrogen-bond acceptors (Lipinski definition) is 3. The average Bonchev–Trinajstić information content (AvgIpc) is 2.93. The van der Waals surface area contributed by atoms with Crippen molar-refractivity contribution in [3.05, 3.63) is 40.5 Å². The number of H-pyrrole nitrogens is 1. The van der Waals surface area contributed by atoms with Gasteiger partial charge in [-0.3, -0.25) is 14.7 Å². The van der Waals surface area contributed by atoms with Gasteiger partial charge in [-0.15, -0.1) is 0 Å². The Hall–Kier alpha value is -2.15. The molecule has 0 aliphatic heterocycles. The molecule has 0 saturated heterocycles. The molecule has 21 heavy (non-hydrogen) atoms. The van der Waals surface area contributed by atoms with Gasteiger partial charge in [0.25, 0.3) is 5.91 Å². The van der Waals surface area contributed by atoms with E-state index in [1.54, 1.807) is 6.07 Å². The maximum absolute atomic E-state index is 11.9. The molecule has 7 heteroatoms. The van der Waals surface area contributed by atoms with Crippen molar-refractivity contribution >= 4 is 27.7 Å². The lowest BCUT2D eigenvalue weighted by atomic mass is 10.1. The van der Waals surface area contributed by atoms with E-state index in [0.717, 1.165) is 10.0 Å². The van der Waals surface area contributed by atoms with E-state index in [1.807, 2.05) is 24.3 Å². The van der Waals surface area contributed by atoms with Crippen LogP contribution in [0.5, 0.6) is 0 Å². The van der Waals surface area contributed by atoms with Crippen molar-refractivity contribution in [2.24, 2.45) is 0 Å². The van der Waals surface area contributed by atoms with E-state index in [9.17, 15) is 9.59 Å². The Morgan fingerprint density at radius 1 is 1.24 bits per heavy atom. The summed E-state index contributed by atoms with van der Waals surface area (Å²) in [5.74, 6) is -0.378. The highest BCUT2D eigenvalue weighted by molar-refractivity contribution is 9.10. The van der Waals surface area contributed by atoms with Crippen molar-refractivity contribution in [3.63, 3.8) is 0 Å². The number of aromatic nitrogens is 2. The summed E-state index contributed by atoms with van der Waals surface area (Å²) in [5.41, 5.74) is 1.99. The number of amides is 2. The molecule has 2 rings (SSSR count). The van der Waals surface area contributed by atoms with E-state index in [2.05, 4.69) is 36.8 Å². The zero-order valence-corrected chi connectivity index (χ0v) is 13.0. The molecule has 0 bridgehead atoms. The largest absolute Gasteiger partial charge is 0.355 e. The van der Waals surface area contributed by atoms with Crippen LogP contribution < -0.4 is 10.6 Å². The Kier molecular flexibility index (Phi) is 5.10. The number of halogens is 1. The molecule has 110 valence electrons. The summed E-state index contributed by atoms with van der Waals surface area (Å²) in [6, 6.07) is 9.36. The molecule has 6 nitrogen and oxygen atoms in total. The van der Waals surface area contributed by atoms with Crippen LogP contribution in [0.3, 0.4) is 0 Å². The van der Waals surface area contributed by atoms with Crippen LogP contribution in [-0.2, 0) is 4.79 Å². The quantitative estimate of drug-likeness (QED) is 0.717. The summed E-state index contributed by atoms with van der Waals surface area (Å²) >= 11 is 3.40. The van der Waals surface area contributed by atoms with E-state index in [0.29, 0.717) is 24.5 Å². The van der Waals surface area contributed by atoms with Crippen molar-refractivity contribution < 1.29 is 9.59 Å². The maximum Gasteiger partial charge on any atom is 0.269 e. The summed E-state index contributed by atoms with van der Waals surface area (Å²) in [7, 11) is 0. The summed E-state index contributed by atoms with van der Waals surface area (Å²) in [5, 5.41) is 12.1. The van der Waals surface area contributed by atoms with Gasteiger partial charge in [0.05, 0.1) is 5.69 Å². The highest BCUT2D eigenvalue weighted by Gasteiger charge is 2.10. The number of aromatic amines is 1. The average molecular weight is 351 g/mol. The van der Waals surface area contributed by atoms with Crippen LogP contribution >= 0.6 is 15.9 Å². The molecule has 3 N–H and O–H groups in total. The van der Waals surface area contributed by atoms with Gasteiger partial charge in [0.2, 0.25) is 5.91 Å². The van der Waals surface area contributed by atoms with Crippen LogP contribution in [0.4, 0.5) is 0 Å². The number of carbonyl (C=O) groups is 2. The van der Waals surface area contributed by atoms with Crippen LogP contribution in [-0.4, -0.2) is 35.1 Å². The van der Waals surface area contributed by atoms with Crippen LogP contribution in [0, 0.1) is 0 Å². The monoisotopic (exact) mass is 350 g/mol. The zero-order chi connectivity index (χ0) is 15.2. The highest BCUT2D eigenvalue weighted by atomic mass is 79.9. The molecular formula is C14H15BrN4O2. The van der Waals surface area contributed by atoms with E-state index in [4.69, 9.17) is 0 Å². The Morgan fingerprint density at radius 2 is 2.00 bits per heavy atom. The Bertz CT molecular complexity index is 654. The second kappa shape index (κ2) is 7.03. The number of rotatable bonds is 5. The standard InChI is InChI=1S/C14H15BrN4O2/c1-9(20)16-5-6-17-14(21)13-8-12(18-19-13)10-3-2-4-11(15)7-10/h2-4,7-8H,5-6H2,1H3,(H,16,20)(H,17,21)(H,18,19). The van der Waals surface area contributed by atoms with Gasteiger partial charge in [-0.05, 0) is 18.2 Å². The lowest BCUT2D eigenvalue weighted by molar-refractivity contribution is -0.118. The molecule has 0 atom stereocenters. The minimum atomic E-state index is -0.255. The van der Waals surface area contributed by atoms with Gasteiger partial charge in [0.1, 0.15) is 5.69 Å². The van der Waals surface area contributed by atoms with Gasteiger partial charge in [0.15, 0.2) is 0 Å². The van der Waals surface area contributed by atoms with Crippen molar-refractivity contribution in [1.82, 2.24) is 20.8 Å². The second-order valence-corrected chi connectivity index (χ2v) is 5.33. The number of benzene rings is 1. The molecule has 2 amide bonds. The molecule has 1 aromatic heterocycles.